The summed E-state index contributed by atoms with van der Waals surface area (Å²) >= 11 is 0. The summed E-state index contributed by atoms with van der Waals surface area (Å²) < 4.78 is 0. The number of hydrogen-bond acceptors (Lipinski definition) is 0. The molecule has 0 N–H and O–H groups in total. The second kappa shape index (κ2) is 12.9. The van der Waals surface area contributed by atoms with Gasteiger partial charge in [-0.15, -0.1) is 0 Å². The van der Waals surface area contributed by atoms with Crippen LogP contribution >= 0.6 is 0 Å². The molecule has 0 aliphatic carbocycles. The van der Waals surface area contributed by atoms with E-state index < -0.39 is 0 Å². The topological polar surface area (TPSA) is 0 Å². The SMILES string of the molecule is C/C=C/C=C\C(C)=C\C.CCC. The molecule has 0 unspecified atom stereocenters. The Morgan fingerprint density at radius 2 is 1.58 bits per heavy atom. The van der Waals surface area contributed by atoms with Crippen LogP contribution in [-0.4, -0.2) is 0 Å². The van der Waals surface area contributed by atoms with Gasteiger partial charge < -0.3 is 0 Å². The average molecular weight is 166 g/mol. The van der Waals surface area contributed by atoms with E-state index in [9.17, 15) is 0 Å². The van der Waals surface area contributed by atoms with Gasteiger partial charge in [0.1, 0.15) is 0 Å². The van der Waals surface area contributed by atoms with Gasteiger partial charge in [-0.25, -0.2) is 0 Å². The molecule has 0 rings (SSSR count). The largest absolute Gasteiger partial charge is 0.0877 e. The molecule has 0 saturated carbocycles. The Balaban J connectivity index is 0. The van der Waals surface area contributed by atoms with Gasteiger partial charge in [-0.05, 0) is 20.8 Å². The fraction of sp³-hybridized carbons (Fsp3) is 0.500. The monoisotopic (exact) mass is 166 g/mol. The highest BCUT2D eigenvalue weighted by Gasteiger charge is 1.71. The summed E-state index contributed by atoms with van der Waals surface area (Å²) in [6.45, 7) is 10.4. The number of hydrogen-bond donors (Lipinski definition) is 0. The lowest BCUT2D eigenvalue weighted by Gasteiger charge is -1.82. The molecule has 0 atom stereocenters. The van der Waals surface area contributed by atoms with Crippen molar-refractivity contribution < 1.29 is 0 Å². The van der Waals surface area contributed by atoms with Crippen LogP contribution in [0.3, 0.4) is 0 Å². The van der Waals surface area contributed by atoms with Crippen LogP contribution in [0.5, 0.6) is 0 Å². The van der Waals surface area contributed by atoms with Crippen LogP contribution in [0, 0.1) is 0 Å². The Hall–Kier alpha value is -0.780. The van der Waals surface area contributed by atoms with E-state index in [1.807, 2.05) is 32.1 Å². The van der Waals surface area contributed by atoms with Gasteiger partial charge in [-0.2, -0.15) is 0 Å². The second-order valence-corrected chi connectivity index (χ2v) is 2.62. The average Bonchev–Trinajstić information content (AvgIpc) is 2.06. The molecule has 0 aromatic carbocycles. The van der Waals surface area contributed by atoms with Crippen LogP contribution in [0.2, 0.25) is 0 Å². The van der Waals surface area contributed by atoms with Crippen molar-refractivity contribution in [2.24, 2.45) is 0 Å². The maximum absolute atomic E-state index is 2.12. The van der Waals surface area contributed by atoms with Crippen molar-refractivity contribution in [2.45, 2.75) is 41.0 Å². The van der Waals surface area contributed by atoms with Gasteiger partial charge in [0.15, 0.2) is 0 Å². The van der Waals surface area contributed by atoms with Gasteiger partial charge >= 0.3 is 0 Å². The molecule has 0 aliphatic rings. The first kappa shape index (κ1) is 13.8. The molecule has 0 nitrogen and oxygen atoms in total. The summed E-state index contributed by atoms with van der Waals surface area (Å²) in [5.74, 6) is 0. The molecule has 0 aromatic heterocycles. The zero-order chi connectivity index (χ0) is 9.82. The van der Waals surface area contributed by atoms with Crippen LogP contribution in [0.25, 0.3) is 0 Å². The predicted octanol–water partition coefficient (Wildman–Crippen LogP) is 4.50. The maximum atomic E-state index is 2.12. The van der Waals surface area contributed by atoms with Crippen LogP contribution in [0.4, 0.5) is 0 Å². The smallest absolute Gasteiger partial charge is 0.0401 e. The lowest BCUT2D eigenvalue weighted by molar-refractivity contribution is 1.09. The molecule has 0 radical (unpaired) electrons. The molecule has 0 aromatic rings. The third-order valence-electron chi connectivity index (χ3n) is 1.12. The molecule has 0 heterocycles. The van der Waals surface area contributed by atoms with E-state index in [2.05, 4.69) is 32.9 Å². The molecule has 0 amide bonds. The minimum atomic E-state index is 1.25. The van der Waals surface area contributed by atoms with Crippen molar-refractivity contribution in [1.29, 1.82) is 0 Å². The summed E-state index contributed by atoms with van der Waals surface area (Å²) in [7, 11) is 0. The number of rotatable bonds is 2. The van der Waals surface area contributed by atoms with Gasteiger partial charge in [0.2, 0.25) is 0 Å². The highest BCUT2D eigenvalue weighted by Crippen LogP contribution is 1.92. The maximum Gasteiger partial charge on any atom is -0.0401 e. The molecular weight excluding hydrogens is 144 g/mol. The predicted molar refractivity (Wildman–Crippen MR) is 59.4 cm³/mol. The Morgan fingerprint density at radius 1 is 1.08 bits per heavy atom. The first-order chi connectivity index (χ1) is 5.72. The van der Waals surface area contributed by atoms with Crippen molar-refractivity contribution in [1.82, 2.24) is 0 Å². The molecule has 0 aliphatic heterocycles. The van der Waals surface area contributed by atoms with E-state index in [1.54, 1.807) is 0 Å². The summed E-state index contributed by atoms with van der Waals surface area (Å²) in [5, 5.41) is 0. The van der Waals surface area contributed by atoms with E-state index in [0.29, 0.717) is 0 Å². The van der Waals surface area contributed by atoms with Gasteiger partial charge in [0.05, 0.1) is 0 Å². The van der Waals surface area contributed by atoms with Gasteiger partial charge in [-0.1, -0.05) is 56.2 Å². The quantitative estimate of drug-likeness (QED) is 0.530. The van der Waals surface area contributed by atoms with E-state index in [0.717, 1.165) is 0 Å². The zero-order valence-electron chi connectivity index (χ0n) is 9.09. The van der Waals surface area contributed by atoms with Crippen LogP contribution in [0.1, 0.15) is 41.0 Å². The number of allylic oxidation sites excluding steroid dienone is 6. The van der Waals surface area contributed by atoms with Crippen molar-refractivity contribution >= 4 is 0 Å². The molecular formula is C12H22. The van der Waals surface area contributed by atoms with Crippen molar-refractivity contribution in [2.75, 3.05) is 0 Å². The fourth-order valence-corrected chi connectivity index (χ4v) is 0.415. The third-order valence-corrected chi connectivity index (χ3v) is 1.12. The van der Waals surface area contributed by atoms with Gasteiger partial charge in [0.25, 0.3) is 0 Å². The van der Waals surface area contributed by atoms with Gasteiger partial charge in [0, 0.05) is 0 Å². The van der Waals surface area contributed by atoms with Crippen molar-refractivity contribution in [3.63, 3.8) is 0 Å². The normalized spacial score (nSPS) is 11.9. The fourth-order valence-electron chi connectivity index (χ4n) is 0.415. The Labute approximate surface area is 77.7 Å². The lowest BCUT2D eigenvalue weighted by atomic mass is 10.2. The van der Waals surface area contributed by atoms with E-state index >= 15 is 0 Å². The van der Waals surface area contributed by atoms with Crippen molar-refractivity contribution in [3.05, 3.63) is 36.0 Å². The van der Waals surface area contributed by atoms with Gasteiger partial charge in [-0.3, -0.25) is 0 Å². The molecule has 0 saturated heterocycles. The van der Waals surface area contributed by atoms with E-state index in [1.165, 1.54) is 12.0 Å². The molecule has 0 bridgehead atoms. The molecule has 0 heteroatoms. The summed E-state index contributed by atoms with van der Waals surface area (Å²) in [6.07, 6.45) is 11.5. The zero-order valence-corrected chi connectivity index (χ0v) is 9.09. The summed E-state index contributed by atoms with van der Waals surface area (Å²) in [4.78, 5) is 0. The molecule has 70 valence electrons. The molecule has 0 spiro atoms. The minimum absolute atomic E-state index is 1.25. The second-order valence-electron chi connectivity index (χ2n) is 2.62. The van der Waals surface area contributed by atoms with Crippen LogP contribution < -0.4 is 0 Å². The first-order valence-corrected chi connectivity index (χ1v) is 4.65. The first-order valence-electron chi connectivity index (χ1n) is 4.65. The standard InChI is InChI=1S/C9H14.C3H8/c1-4-6-7-8-9(3)5-2;1-3-2/h4-8H,1-3H3;3H2,1-2H3/b6-4+,8-7-,9-5+;. The Morgan fingerprint density at radius 3 is 1.92 bits per heavy atom. The Bertz CT molecular complexity index is 147. The van der Waals surface area contributed by atoms with Crippen molar-refractivity contribution in [3.8, 4) is 0 Å². The summed E-state index contributed by atoms with van der Waals surface area (Å²) in [5.41, 5.74) is 1.30. The van der Waals surface area contributed by atoms with Crippen LogP contribution in [0.15, 0.2) is 36.0 Å². The third kappa shape index (κ3) is 16.1. The summed E-state index contributed by atoms with van der Waals surface area (Å²) in [6, 6.07) is 0. The highest BCUT2D eigenvalue weighted by atomic mass is 13.8. The minimum Gasteiger partial charge on any atom is -0.0877 e. The van der Waals surface area contributed by atoms with Crippen LogP contribution in [-0.2, 0) is 0 Å². The molecule has 12 heavy (non-hydrogen) atoms. The lowest BCUT2D eigenvalue weighted by Crippen LogP contribution is -1.61. The van der Waals surface area contributed by atoms with E-state index in [-0.39, 0.29) is 0 Å². The highest BCUT2D eigenvalue weighted by molar-refractivity contribution is 5.18. The Kier molecular flexibility index (Phi) is 14.8. The molecule has 0 fully saturated rings. The van der Waals surface area contributed by atoms with E-state index in [4.69, 9.17) is 0 Å².